The van der Waals surface area contributed by atoms with E-state index < -0.39 is 0 Å². The molecule has 0 atom stereocenters. The molecule has 7 heteroatoms. The lowest BCUT2D eigenvalue weighted by Crippen LogP contribution is -2.32. The summed E-state index contributed by atoms with van der Waals surface area (Å²) in [4.78, 5) is 1.92. The van der Waals surface area contributed by atoms with Crippen molar-refractivity contribution in [2.45, 2.75) is 0 Å². The van der Waals surface area contributed by atoms with Crippen molar-refractivity contribution < 1.29 is 15.1 Å². The summed E-state index contributed by atoms with van der Waals surface area (Å²) >= 11 is 3.35. The molecular weight excluding hydrogens is 314 g/mol. The molecular formula is C12H18BrN3O3. The second-order valence-electron chi connectivity index (χ2n) is 3.85. The predicted molar refractivity (Wildman–Crippen MR) is 77.8 cm³/mol. The van der Waals surface area contributed by atoms with Gasteiger partial charge in [0.15, 0.2) is 5.84 Å². The number of nitrogens with zero attached hydrogens (tertiary/aromatic N) is 2. The van der Waals surface area contributed by atoms with Gasteiger partial charge in [0.05, 0.1) is 13.2 Å². The van der Waals surface area contributed by atoms with Crippen molar-refractivity contribution in [3.63, 3.8) is 0 Å². The zero-order valence-electron chi connectivity index (χ0n) is 10.7. The number of aliphatic hydroxyl groups excluding tert-OH is 1. The standard InChI is InChI=1S/C12H18BrN3O3/c1-19-7-5-16(4-6-17)11-3-2-9(13)8-10(11)12(14)15-18/h2-3,8,17-18H,4-7H2,1H3,(H2,14,15). The molecule has 0 amide bonds. The van der Waals surface area contributed by atoms with Crippen LogP contribution in [0.4, 0.5) is 5.69 Å². The lowest BCUT2D eigenvalue weighted by Gasteiger charge is -2.26. The summed E-state index contributed by atoms with van der Waals surface area (Å²) in [5.74, 6) is 0.0247. The highest BCUT2D eigenvalue weighted by atomic mass is 79.9. The second kappa shape index (κ2) is 7.98. The van der Waals surface area contributed by atoms with Crippen molar-refractivity contribution in [2.75, 3.05) is 38.3 Å². The Bertz CT molecular complexity index is 440. The average Bonchev–Trinajstić information content (AvgIpc) is 2.42. The molecule has 0 saturated carbocycles. The van der Waals surface area contributed by atoms with Crippen LogP contribution in [0, 0.1) is 0 Å². The van der Waals surface area contributed by atoms with Crippen molar-refractivity contribution >= 4 is 27.5 Å². The zero-order valence-corrected chi connectivity index (χ0v) is 12.3. The van der Waals surface area contributed by atoms with Crippen LogP contribution in [0.1, 0.15) is 5.56 Å². The SMILES string of the molecule is COCCN(CCO)c1ccc(Br)cc1/C(N)=N/O. The van der Waals surface area contributed by atoms with Crippen LogP contribution in [0.2, 0.25) is 0 Å². The van der Waals surface area contributed by atoms with Crippen LogP contribution in [-0.2, 0) is 4.74 Å². The molecule has 0 fully saturated rings. The van der Waals surface area contributed by atoms with Crippen LogP contribution in [0.25, 0.3) is 0 Å². The molecule has 0 aliphatic carbocycles. The summed E-state index contributed by atoms with van der Waals surface area (Å²) in [6.07, 6.45) is 0. The topological polar surface area (TPSA) is 91.3 Å². The molecule has 106 valence electrons. The highest BCUT2D eigenvalue weighted by Gasteiger charge is 2.14. The first kappa shape index (κ1) is 15.7. The molecule has 1 aromatic rings. The molecule has 4 N–H and O–H groups in total. The zero-order chi connectivity index (χ0) is 14.3. The van der Waals surface area contributed by atoms with E-state index >= 15 is 0 Å². The maximum Gasteiger partial charge on any atom is 0.172 e. The molecule has 1 aromatic carbocycles. The van der Waals surface area contributed by atoms with E-state index in [1.165, 1.54) is 0 Å². The third kappa shape index (κ3) is 4.38. The number of hydrogen-bond acceptors (Lipinski definition) is 5. The van der Waals surface area contributed by atoms with Gasteiger partial charge < -0.3 is 25.7 Å². The maximum atomic E-state index is 9.14. The smallest absolute Gasteiger partial charge is 0.172 e. The molecule has 0 saturated heterocycles. The number of amidine groups is 1. The van der Waals surface area contributed by atoms with Crippen molar-refractivity contribution in [1.29, 1.82) is 0 Å². The Kier molecular flexibility index (Phi) is 6.61. The van der Waals surface area contributed by atoms with Crippen LogP contribution >= 0.6 is 15.9 Å². The first-order valence-electron chi connectivity index (χ1n) is 5.76. The van der Waals surface area contributed by atoms with Crippen molar-refractivity contribution in [3.8, 4) is 0 Å². The second-order valence-corrected chi connectivity index (χ2v) is 4.77. The van der Waals surface area contributed by atoms with Crippen molar-refractivity contribution in [1.82, 2.24) is 0 Å². The largest absolute Gasteiger partial charge is 0.409 e. The van der Waals surface area contributed by atoms with Gasteiger partial charge in [-0.25, -0.2) is 0 Å². The van der Waals surface area contributed by atoms with E-state index in [1.54, 1.807) is 13.2 Å². The third-order valence-electron chi connectivity index (χ3n) is 2.62. The number of halogens is 1. The molecule has 0 unspecified atom stereocenters. The number of oxime groups is 1. The van der Waals surface area contributed by atoms with E-state index in [4.69, 9.17) is 20.8 Å². The van der Waals surface area contributed by atoms with Gasteiger partial charge in [-0.2, -0.15) is 0 Å². The summed E-state index contributed by atoms with van der Waals surface area (Å²) in [6.45, 7) is 1.57. The Labute approximate surface area is 120 Å². The molecule has 0 spiro atoms. The summed E-state index contributed by atoms with van der Waals surface area (Å²) < 4.78 is 5.87. The molecule has 0 aliphatic heterocycles. The molecule has 19 heavy (non-hydrogen) atoms. The highest BCUT2D eigenvalue weighted by molar-refractivity contribution is 9.10. The van der Waals surface area contributed by atoms with Crippen molar-refractivity contribution in [3.05, 3.63) is 28.2 Å². The van der Waals surface area contributed by atoms with Gasteiger partial charge in [0.25, 0.3) is 0 Å². The molecule has 0 radical (unpaired) electrons. The van der Waals surface area contributed by atoms with Gasteiger partial charge in [-0.05, 0) is 18.2 Å². The minimum atomic E-state index is 0.00932. The lowest BCUT2D eigenvalue weighted by molar-refractivity contribution is 0.203. The number of rotatable bonds is 7. The van der Waals surface area contributed by atoms with Crippen LogP contribution in [-0.4, -0.2) is 49.6 Å². The van der Waals surface area contributed by atoms with Crippen molar-refractivity contribution in [2.24, 2.45) is 10.9 Å². The van der Waals surface area contributed by atoms with Crippen LogP contribution in [0.15, 0.2) is 27.8 Å². The van der Waals surface area contributed by atoms with Gasteiger partial charge in [-0.1, -0.05) is 21.1 Å². The van der Waals surface area contributed by atoms with Gasteiger partial charge in [-0.3, -0.25) is 0 Å². The van der Waals surface area contributed by atoms with E-state index in [0.29, 0.717) is 25.3 Å². The average molecular weight is 332 g/mol. The van der Waals surface area contributed by atoms with E-state index in [1.807, 2.05) is 17.0 Å². The Morgan fingerprint density at radius 2 is 2.21 bits per heavy atom. The van der Waals surface area contributed by atoms with E-state index in [0.717, 1.165) is 10.2 Å². The quantitative estimate of drug-likeness (QED) is 0.300. The molecule has 0 bridgehead atoms. The van der Waals surface area contributed by atoms with E-state index in [9.17, 15) is 0 Å². The Hall–Kier alpha value is -1.31. The predicted octanol–water partition coefficient (Wildman–Crippen LogP) is 0.989. The number of nitrogens with two attached hydrogens (primary N) is 1. The number of ether oxygens (including phenoxy) is 1. The number of hydrogen-bond donors (Lipinski definition) is 3. The molecule has 0 aliphatic rings. The monoisotopic (exact) mass is 331 g/mol. The maximum absolute atomic E-state index is 9.14. The minimum absolute atomic E-state index is 0.00932. The highest BCUT2D eigenvalue weighted by Crippen LogP contribution is 2.24. The summed E-state index contributed by atoms with van der Waals surface area (Å²) in [6, 6.07) is 5.48. The first-order valence-corrected chi connectivity index (χ1v) is 6.55. The summed E-state index contributed by atoms with van der Waals surface area (Å²) in [5, 5.41) is 21.0. The van der Waals surface area contributed by atoms with Crippen LogP contribution in [0.3, 0.4) is 0 Å². The number of methoxy groups -OCH3 is 1. The molecule has 6 nitrogen and oxygen atoms in total. The van der Waals surface area contributed by atoms with Crippen LogP contribution in [0.5, 0.6) is 0 Å². The number of aliphatic hydroxyl groups is 1. The normalized spacial score (nSPS) is 11.6. The molecule has 1 rings (SSSR count). The fourth-order valence-corrected chi connectivity index (χ4v) is 2.08. The Morgan fingerprint density at radius 1 is 1.47 bits per heavy atom. The molecule has 0 heterocycles. The Morgan fingerprint density at radius 3 is 2.79 bits per heavy atom. The lowest BCUT2D eigenvalue weighted by atomic mass is 10.1. The minimum Gasteiger partial charge on any atom is -0.409 e. The van der Waals surface area contributed by atoms with Gasteiger partial charge in [0.1, 0.15) is 0 Å². The summed E-state index contributed by atoms with van der Waals surface area (Å²) in [5.41, 5.74) is 7.07. The summed E-state index contributed by atoms with van der Waals surface area (Å²) in [7, 11) is 1.61. The van der Waals surface area contributed by atoms with Gasteiger partial charge in [-0.15, -0.1) is 0 Å². The van der Waals surface area contributed by atoms with Gasteiger partial charge in [0, 0.05) is 35.9 Å². The van der Waals surface area contributed by atoms with Crippen LogP contribution < -0.4 is 10.6 Å². The third-order valence-corrected chi connectivity index (χ3v) is 3.11. The van der Waals surface area contributed by atoms with E-state index in [-0.39, 0.29) is 12.4 Å². The fraction of sp³-hybridized carbons (Fsp3) is 0.417. The first-order chi connectivity index (χ1) is 9.13. The molecule has 0 aromatic heterocycles. The fourth-order valence-electron chi connectivity index (χ4n) is 1.72. The van der Waals surface area contributed by atoms with Gasteiger partial charge in [0.2, 0.25) is 0 Å². The number of benzene rings is 1. The Balaban J connectivity index is 3.13. The van der Waals surface area contributed by atoms with Gasteiger partial charge >= 0.3 is 0 Å². The van der Waals surface area contributed by atoms with E-state index in [2.05, 4.69) is 21.1 Å². The number of anilines is 1.